The number of aromatic nitrogens is 1. The van der Waals surface area contributed by atoms with Crippen molar-refractivity contribution in [1.29, 1.82) is 0 Å². The number of nitrogens with one attached hydrogen (secondary N) is 2. The minimum atomic E-state index is -0.279. The van der Waals surface area contributed by atoms with Crippen LogP contribution in [0.15, 0.2) is 77.5 Å². The molecule has 5 nitrogen and oxygen atoms in total. The van der Waals surface area contributed by atoms with E-state index in [0.29, 0.717) is 5.02 Å². The predicted molar refractivity (Wildman–Crippen MR) is 122 cm³/mol. The number of rotatable bonds is 7. The number of carbonyl (C=O) groups is 1. The van der Waals surface area contributed by atoms with E-state index in [2.05, 4.69) is 28.6 Å². The van der Waals surface area contributed by atoms with Crippen LogP contribution in [0, 0.1) is 0 Å². The smallest absolute Gasteiger partial charge is 0.291 e. The van der Waals surface area contributed by atoms with E-state index in [9.17, 15) is 4.79 Å². The largest absolute Gasteiger partial charge is 0.459 e. The number of amides is 1. The summed E-state index contributed by atoms with van der Waals surface area (Å²) in [5.41, 5.74) is 1.98. The van der Waals surface area contributed by atoms with Crippen LogP contribution in [0.2, 0.25) is 5.02 Å². The SMILES string of the molecule is CCc1cc(C(Nc2ccccn2)c2ccc(Cl)cc2)c(NC(=O)c2ccco2)s1. The first kappa shape index (κ1) is 20.2. The van der Waals surface area contributed by atoms with Gasteiger partial charge in [-0.1, -0.05) is 36.7 Å². The average Bonchev–Trinajstić information content (AvgIpc) is 3.44. The van der Waals surface area contributed by atoms with Crippen molar-refractivity contribution in [1.82, 2.24) is 4.98 Å². The molecular formula is C23H20ClN3O2S. The maximum Gasteiger partial charge on any atom is 0.291 e. The van der Waals surface area contributed by atoms with Crippen LogP contribution in [-0.4, -0.2) is 10.9 Å². The molecule has 1 atom stereocenters. The fraction of sp³-hybridized carbons (Fsp3) is 0.130. The molecule has 0 aliphatic rings. The summed E-state index contributed by atoms with van der Waals surface area (Å²) in [7, 11) is 0. The molecule has 1 aromatic carbocycles. The van der Waals surface area contributed by atoms with E-state index in [4.69, 9.17) is 16.0 Å². The standard InChI is InChI=1S/C23H20ClN3O2S/c1-2-17-14-18(23(30-17)27-22(28)19-6-5-13-29-19)21(15-8-10-16(24)11-9-15)26-20-7-3-4-12-25-20/h3-14,21H,2H2,1H3,(H,25,26)(H,27,28). The van der Waals surface area contributed by atoms with Gasteiger partial charge >= 0.3 is 0 Å². The fourth-order valence-corrected chi connectivity index (χ4v) is 4.27. The van der Waals surface area contributed by atoms with Crippen molar-refractivity contribution in [3.8, 4) is 0 Å². The highest BCUT2D eigenvalue weighted by molar-refractivity contribution is 7.16. The van der Waals surface area contributed by atoms with Crippen LogP contribution in [0.3, 0.4) is 0 Å². The Balaban J connectivity index is 1.74. The molecule has 0 bridgehead atoms. The lowest BCUT2D eigenvalue weighted by Crippen LogP contribution is -2.16. The summed E-state index contributed by atoms with van der Waals surface area (Å²) >= 11 is 7.67. The molecule has 0 radical (unpaired) electrons. The quantitative estimate of drug-likeness (QED) is 0.350. The van der Waals surface area contributed by atoms with Crippen LogP contribution in [-0.2, 0) is 6.42 Å². The Kier molecular flexibility index (Phi) is 6.16. The van der Waals surface area contributed by atoms with Gasteiger partial charge in [0.05, 0.1) is 12.3 Å². The molecular weight excluding hydrogens is 418 g/mol. The van der Waals surface area contributed by atoms with E-state index in [0.717, 1.165) is 28.4 Å². The van der Waals surface area contributed by atoms with Crippen LogP contribution in [0.4, 0.5) is 10.8 Å². The minimum Gasteiger partial charge on any atom is -0.459 e. The highest BCUT2D eigenvalue weighted by Gasteiger charge is 2.23. The lowest BCUT2D eigenvalue weighted by atomic mass is 9.99. The Bertz CT molecular complexity index is 1110. The number of carbonyl (C=O) groups excluding carboxylic acids is 1. The lowest BCUT2D eigenvalue weighted by Gasteiger charge is -2.21. The molecule has 152 valence electrons. The molecule has 3 heterocycles. The average molecular weight is 438 g/mol. The van der Waals surface area contributed by atoms with Crippen LogP contribution in [0.5, 0.6) is 0 Å². The van der Waals surface area contributed by atoms with Crippen LogP contribution < -0.4 is 10.6 Å². The summed E-state index contributed by atoms with van der Waals surface area (Å²) in [6.45, 7) is 2.09. The van der Waals surface area contributed by atoms with Crippen LogP contribution in [0.25, 0.3) is 0 Å². The Morgan fingerprint density at radius 2 is 2.00 bits per heavy atom. The van der Waals surface area contributed by atoms with Gasteiger partial charge in [-0.05, 0) is 54.4 Å². The number of furan rings is 1. The first-order valence-corrected chi connectivity index (χ1v) is 10.7. The molecule has 0 saturated carbocycles. The van der Waals surface area contributed by atoms with Gasteiger partial charge < -0.3 is 15.1 Å². The van der Waals surface area contributed by atoms with E-state index in [-0.39, 0.29) is 17.7 Å². The van der Waals surface area contributed by atoms with Gasteiger partial charge in [0.2, 0.25) is 0 Å². The second-order valence-electron chi connectivity index (χ2n) is 6.63. The summed E-state index contributed by atoms with van der Waals surface area (Å²) < 4.78 is 5.25. The van der Waals surface area contributed by atoms with Gasteiger partial charge in [0, 0.05) is 21.7 Å². The first-order valence-electron chi connectivity index (χ1n) is 9.54. The van der Waals surface area contributed by atoms with Gasteiger partial charge in [-0.15, -0.1) is 11.3 Å². The fourth-order valence-electron chi connectivity index (χ4n) is 3.11. The number of pyridine rings is 1. The van der Waals surface area contributed by atoms with Crippen molar-refractivity contribution < 1.29 is 9.21 Å². The lowest BCUT2D eigenvalue weighted by molar-refractivity contribution is 0.0997. The molecule has 4 aromatic rings. The Morgan fingerprint density at radius 1 is 1.17 bits per heavy atom. The summed E-state index contributed by atoms with van der Waals surface area (Å²) in [6, 6.07) is 18.6. The molecule has 0 aliphatic carbocycles. The number of nitrogens with zero attached hydrogens (tertiary/aromatic N) is 1. The van der Waals surface area contributed by atoms with E-state index in [1.54, 1.807) is 29.7 Å². The zero-order valence-corrected chi connectivity index (χ0v) is 17.8. The minimum absolute atomic E-state index is 0.222. The van der Waals surface area contributed by atoms with Gasteiger partial charge in [-0.25, -0.2) is 4.98 Å². The molecule has 0 aliphatic heterocycles. The molecule has 7 heteroatoms. The van der Waals surface area contributed by atoms with Crippen molar-refractivity contribution in [3.05, 3.63) is 99.9 Å². The maximum atomic E-state index is 12.6. The zero-order valence-electron chi connectivity index (χ0n) is 16.3. The first-order chi connectivity index (χ1) is 14.6. The summed E-state index contributed by atoms with van der Waals surface area (Å²) in [6.07, 6.45) is 4.10. The van der Waals surface area contributed by atoms with Crippen LogP contribution >= 0.6 is 22.9 Å². The van der Waals surface area contributed by atoms with E-state index in [1.165, 1.54) is 11.1 Å². The Hall–Kier alpha value is -3.09. The van der Waals surface area contributed by atoms with Gasteiger partial charge in [-0.2, -0.15) is 0 Å². The Labute approximate surface area is 183 Å². The number of benzene rings is 1. The predicted octanol–water partition coefficient (Wildman–Crippen LogP) is 6.41. The molecule has 1 amide bonds. The molecule has 1 unspecified atom stereocenters. The van der Waals surface area contributed by atoms with Gasteiger partial charge in [-0.3, -0.25) is 4.79 Å². The van der Waals surface area contributed by atoms with Crippen molar-refractivity contribution in [3.63, 3.8) is 0 Å². The maximum absolute atomic E-state index is 12.6. The second kappa shape index (κ2) is 9.15. The van der Waals surface area contributed by atoms with Gasteiger partial charge in [0.1, 0.15) is 10.8 Å². The van der Waals surface area contributed by atoms with Crippen molar-refractivity contribution in [2.75, 3.05) is 10.6 Å². The number of anilines is 2. The monoisotopic (exact) mass is 437 g/mol. The number of thiophene rings is 1. The zero-order chi connectivity index (χ0) is 20.9. The van der Waals surface area contributed by atoms with E-state index in [1.807, 2.05) is 42.5 Å². The molecule has 0 fully saturated rings. The van der Waals surface area contributed by atoms with E-state index < -0.39 is 0 Å². The van der Waals surface area contributed by atoms with Gasteiger partial charge in [0.15, 0.2) is 5.76 Å². The van der Waals surface area contributed by atoms with Gasteiger partial charge in [0.25, 0.3) is 5.91 Å². The molecule has 0 saturated heterocycles. The molecule has 2 N–H and O–H groups in total. The number of aryl methyl sites for hydroxylation is 1. The van der Waals surface area contributed by atoms with Crippen molar-refractivity contribution >= 4 is 39.7 Å². The number of halogens is 1. The topological polar surface area (TPSA) is 67.2 Å². The highest BCUT2D eigenvalue weighted by atomic mass is 35.5. The second-order valence-corrected chi connectivity index (χ2v) is 8.20. The van der Waals surface area contributed by atoms with Crippen molar-refractivity contribution in [2.45, 2.75) is 19.4 Å². The highest BCUT2D eigenvalue weighted by Crippen LogP contribution is 2.38. The molecule has 3 aromatic heterocycles. The molecule has 30 heavy (non-hydrogen) atoms. The molecule has 0 spiro atoms. The molecule has 4 rings (SSSR count). The third kappa shape index (κ3) is 4.56. The summed E-state index contributed by atoms with van der Waals surface area (Å²) in [4.78, 5) is 18.2. The summed E-state index contributed by atoms with van der Waals surface area (Å²) in [5, 5.41) is 7.95. The normalized spacial score (nSPS) is 11.8. The third-order valence-electron chi connectivity index (χ3n) is 4.60. The Morgan fingerprint density at radius 3 is 2.67 bits per heavy atom. The van der Waals surface area contributed by atoms with E-state index >= 15 is 0 Å². The summed E-state index contributed by atoms with van der Waals surface area (Å²) in [5.74, 6) is 0.733. The van der Waals surface area contributed by atoms with Crippen LogP contribution in [0.1, 0.15) is 39.5 Å². The number of hydrogen-bond donors (Lipinski definition) is 2. The van der Waals surface area contributed by atoms with Crippen molar-refractivity contribution in [2.24, 2.45) is 0 Å². The third-order valence-corrected chi connectivity index (χ3v) is 6.07. The number of hydrogen-bond acceptors (Lipinski definition) is 5.